The zero-order valence-electron chi connectivity index (χ0n) is 18.1. The van der Waals surface area contributed by atoms with E-state index in [-0.39, 0.29) is 35.9 Å². The third-order valence-corrected chi connectivity index (χ3v) is 6.83. The van der Waals surface area contributed by atoms with Gasteiger partial charge in [0.15, 0.2) is 5.78 Å². The summed E-state index contributed by atoms with van der Waals surface area (Å²) >= 11 is 6.04. The molecule has 1 amide bonds. The van der Waals surface area contributed by atoms with Gasteiger partial charge in [0.05, 0.1) is 16.7 Å². The van der Waals surface area contributed by atoms with Crippen molar-refractivity contribution in [1.82, 2.24) is 14.9 Å². The molecular formula is C25H25ClN4O3. The molecule has 33 heavy (non-hydrogen) atoms. The molecule has 0 radical (unpaired) electrons. The number of carbonyl (C=O) groups excluding carboxylic acids is 2. The first-order chi connectivity index (χ1) is 16.0. The number of para-hydroxylation sites is 1. The highest BCUT2D eigenvalue weighted by Crippen LogP contribution is 2.31. The highest BCUT2D eigenvalue weighted by molar-refractivity contribution is 6.31. The lowest BCUT2D eigenvalue weighted by Gasteiger charge is -2.30. The van der Waals surface area contributed by atoms with E-state index in [1.807, 2.05) is 28.8 Å². The zero-order chi connectivity index (χ0) is 22.9. The van der Waals surface area contributed by atoms with E-state index in [0.717, 1.165) is 42.4 Å². The SMILES string of the molecule is O=C(CCC1=Nc2ccccc2C(=O)C1)NC1CCC(n2c(=O)[nH]c3cc(Cl)ccc32)CC1. The van der Waals surface area contributed by atoms with E-state index in [1.54, 1.807) is 18.2 Å². The topological polar surface area (TPSA) is 96.3 Å². The molecule has 1 aliphatic carbocycles. The average molecular weight is 465 g/mol. The van der Waals surface area contributed by atoms with Gasteiger partial charge in [-0.15, -0.1) is 0 Å². The maximum Gasteiger partial charge on any atom is 0.326 e. The van der Waals surface area contributed by atoms with E-state index in [9.17, 15) is 14.4 Å². The summed E-state index contributed by atoms with van der Waals surface area (Å²) in [6.07, 6.45) is 4.34. The molecule has 0 bridgehead atoms. The number of hydrogen-bond donors (Lipinski definition) is 2. The number of amides is 1. The smallest absolute Gasteiger partial charge is 0.326 e. The lowest BCUT2D eigenvalue weighted by atomic mass is 9.90. The maximum atomic E-state index is 12.5. The van der Waals surface area contributed by atoms with Crippen LogP contribution >= 0.6 is 11.6 Å². The summed E-state index contributed by atoms with van der Waals surface area (Å²) in [5.41, 5.74) is 3.59. The van der Waals surface area contributed by atoms with Crippen molar-refractivity contribution in [2.24, 2.45) is 4.99 Å². The van der Waals surface area contributed by atoms with Crippen molar-refractivity contribution in [1.29, 1.82) is 0 Å². The van der Waals surface area contributed by atoms with Gasteiger partial charge in [0.25, 0.3) is 0 Å². The maximum absolute atomic E-state index is 12.5. The summed E-state index contributed by atoms with van der Waals surface area (Å²) < 4.78 is 1.82. The molecule has 0 atom stereocenters. The minimum atomic E-state index is -0.121. The Morgan fingerprint density at radius 3 is 2.73 bits per heavy atom. The lowest BCUT2D eigenvalue weighted by molar-refractivity contribution is -0.121. The van der Waals surface area contributed by atoms with Crippen molar-refractivity contribution >= 4 is 45.7 Å². The highest BCUT2D eigenvalue weighted by atomic mass is 35.5. The molecule has 1 aromatic heterocycles. The van der Waals surface area contributed by atoms with Crippen LogP contribution in [0.15, 0.2) is 52.3 Å². The van der Waals surface area contributed by atoms with Crippen LogP contribution in [0, 0.1) is 0 Å². The van der Waals surface area contributed by atoms with Crippen molar-refractivity contribution < 1.29 is 9.59 Å². The van der Waals surface area contributed by atoms with Gasteiger partial charge in [-0.3, -0.25) is 19.1 Å². The fourth-order valence-corrected chi connectivity index (χ4v) is 5.12. The number of ketones is 1. The number of carbonyl (C=O) groups is 2. The standard InChI is InChI=1S/C25H25ClN4O3/c26-15-5-11-22-21(13-15)29-25(33)30(22)18-9-6-16(7-10-18)28-24(32)12-8-17-14-23(31)19-3-1-2-4-20(19)27-17/h1-5,11,13,16,18H,6-10,12,14H2,(H,28,32)(H,29,33). The van der Waals surface area contributed by atoms with Gasteiger partial charge in [-0.1, -0.05) is 23.7 Å². The van der Waals surface area contributed by atoms with Crippen molar-refractivity contribution in [3.05, 3.63) is 63.5 Å². The molecule has 1 fully saturated rings. The molecule has 0 saturated heterocycles. The molecule has 5 rings (SSSR count). The van der Waals surface area contributed by atoms with Crippen LogP contribution in [0.2, 0.25) is 5.02 Å². The summed E-state index contributed by atoms with van der Waals surface area (Å²) in [4.78, 5) is 44.8. The number of aromatic nitrogens is 2. The highest BCUT2D eigenvalue weighted by Gasteiger charge is 2.26. The summed E-state index contributed by atoms with van der Waals surface area (Å²) in [7, 11) is 0. The molecule has 8 heteroatoms. The van der Waals surface area contributed by atoms with Crippen molar-refractivity contribution in [3.8, 4) is 0 Å². The molecule has 0 unspecified atom stereocenters. The number of aliphatic imine (C=N–C) groups is 1. The van der Waals surface area contributed by atoms with Crippen LogP contribution < -0.4 is 11.0 Å². The molecule has 2 aromatic carbocycles. The van der Waals surface area contributed by atoms with Crippen LogP contribution in [0.25, 0.3) is 11.0 Å². The van der Waals surface area contributed by atoms with Crippen LogP contribution in [-0.4, -0.2) is 33.0 Å². The minimum absolute atomic E-state index is 0.0219. The number of hydrogen-bond acceptors (Lipinski definition) is 4. The molecule has 0 spiro atoms. The molecule has 3 aromatic rings. The van der Waals surface area contributed by atoms with Gasteiger partial charge in [0.1, 0.15) is 0 Å². The molecule has 7 nitrogen and oxygen atoms in total. The van der Waals surface area contributed by atoms with Crippen LogP contribution in [0.4, 0.5) is 5.69 Å². The number of nitrogens with one attached hydrogen (secondary N) is 2. The number of nitrogens with zero attached hydrogens (tertiary/aromatic N) is 2. The second-order valence-electron chi connectivity index (χ2n) is 8.83. The number of H-pyrrole nitrogens is 1. The summed E-state index contributed by atoms with van der Waals surface area (Å²) in [6.45, 7) is 0. The number of rotatable bonds is 5. The largest absolute Gasteiger partial charge is 0.353 e. The van der Waals surface area contributed by atoms with Crippen LogP contribution in [0.3, 0.4) is 0 Å². The lowest BCUT2D eigenvalue weighted by Crippen LogP contribution is -2.39. The summed E-state index contributed by atoms with van der Waals surface area (Å²) in [5.74, 6) is 0.0375. The first kappa shape index (κ1) is 21.6. The molecular weight excluding hydrogens is 440 g/mol. The number of halogens is 1. The first-order valence-electron chi connectivity index (χ1n) is 11.4. The Kier molecular flexibility index (Phi) is 5.89. The second kappa shape index (κ2) is 8.98. The first-order valence-corrected chi connectivity index (χ1v) is 11.7. The van der Waals surface area contributed by atoms with E-state index in [2.05, 4.69) is 15.3 Å². The molecule has 1 saturated carbocycles. The predicted octanol–water partition coefficient (Wildman–Crippen LogP) is 4.72. The minimum Gasteiger partial charge on any atom is -0.353 e. The fraction of sp³-hybridized carbons (Fsp3) is 0.360. The third-order valence-electron chi connectivity index (χ3n) is 6.59. The fourth-order valence-electron chi connectivity index (χ4n) is 4.94. The Balaban J connectivity index is 1.15. The monoisotopic (exact) mass is 464 g/mol. The van der Waals surface area contributed by atoms with Crippen LogP contribution in [-0.2, 0) is 4.79 Å². The molecule has 2 N–H and O–H groups in total. The molecule has 1 aliphatic heterocycles. The van der Waals surface area contributed by atoms with Gasteiger partial charge in [0.2, 0.25) is 5.91 Å². The quantitative estimate of drug-likeness (QED) is 0.571. The van der Waals surface area contributed by atoms with E-state index >= 15 is 0 Å². The Morgan fingerprint density at radius 2 is 1.91 bits per heavy atom. The van der Waals surface area contributed by atoms with E-state index in [4.69, 9.17) is 11.6 Å². The number of aromatic amines is 1. The van der Waals surface area contributed by atoms with Crippen molar-refractivity contribution in [2.75, 3.05) is 0 Å². The van der Waals surface area contributed by atoms with Crippen molar-refractivity contribution in [3.63, 3.8) is 0 Å². The van der Waals surface area contributed by atoms with Crippen LogP contribution in [0.1, 0.15) is 61.3 Å². The van der Waals surface area contributed by atoms with E-state index in [1.165, 1.54) is 0 Å². The molecule has 170 valence electrons. The molecule has 2 heterocycles. The van der Waals surface area contributed by atoms with Crippen molar-refractivity contribution in [2.45, 2.75) is 57.0 Å². The summed E-state index contributed by atoms with van der Waals surface area (Å²) in [6, 6.07) is 13.0. The van der Waals surface area contributed by atoms with Gasteiger partial charge < -0.3 is 10.3 Å². The Hall–Kier alpha value is -3.19. The van der Waals surface area contributed by atoms with Crippen LogP contribution in [0.5, 0.6) is 0 Å². The number of Topliss-reactive ketones (excluding diaryl/α,β-unsaturated/α-hetero) is 1. The summed E-state index contributed by atoms with van der Waals surface area (Å²) in [5, 5.41) is 3.72. The Labute approximate surface area is 195 Å². The second-order valence-corrected chi connectivity index (χ2v) is 9.27. The van der Waals surface area contributed by atoms with E-state index < -0.39 is 0 Å². The van der Waals surface area contributed by atoms with Gasteiger partial charge in [0, 0.05) is 41.2 Å². The number of benzene rings is 2. The average Bonchev–Trinajstić information content (AvgIpc) is 3.13. The normalized spacial score (nSPS) is 20.4. The third kappa shape index (κ3) is 4.50. The number of imidazole rings is 1. The number of fused-ring (bicyclic) bond motifs is 2. The van der Waals surface area contributed by atoms with Gasteiger partial charge in [-0.05, 0) is 62.4 Å². The van der Waals surface area contributed by atoms with E-state index in [0.29, 0.717) is 29.1 Å². The Morgan fingerprint density at radius 1 is 1.12 bits per heavy atom. The van der Waals surface area contributed by atoms with Gasteiger partial charge >= 0.3 is 5.69 Å². The van der Waals surface area contributed by atoms with Gasteiger partial charge in [-0.25, -0.2) is 4.79 Å². The molecule has 2 aliphatic rings. The zero-order valence-corrected chi connectivity index (χ0v) is 18.9. The Bertz CT molecular complexity index is 1310. The predicted molar refractivity (Wildman–Crippen MR) is 129 cm³/mol. The van der Waals surface area contributed by atoms with Gasteiger partial charge in [-0.2, -0.15) is 0 Å².